The Morgan fingerprint density at radius 2 is 2.35 bits per heavy atom. The lowest BCUT2D eigenvalue weighted by Gasteiger charge is -2.26. The van der Waals surface area contributed by atoms with Crippen molar-refractivity contribution in [3.8, 4) is 0 Å². The largest absolute Gasteiger partial charge is 0.324 e. The average Bonchev–Trinajstić information content (AvgIpc) is 2.33. The molecule has 2 atom stereocenters. The van der Waals surface area contributed by atoms with Crippen molar-refractivity contribution in [1.29, 1.82) is 0 Å². The molecule has 0 aliphatic carbocycles. The van der Waals surface area contributed by atoms with Gasteiger partial charge in [0.15, 0.2) is 0 Å². The molecule has 1 heterocycles. The fourth-order valence-electron chi connectivity index (χ4n) is 2.62. The predicted molar refractivity (Wildman–Crippen MR) is 76.0 cm³/mol. The van der Waals surface area contributed by atoms with Crippen LogP contribution in [0.3, 0.4) is 0 Å². The van der Waals surface area contributed by atoms with Gasteiger partial charge in [-0.2, -0.15) is 0 Å². The molecule has 1 fully saturated rings. The highest BCUT2D eigenvalue weighted by atomic mass is 79.9. The van der Waals surface area contributed by atoms with Gasteiger partial charge in [0.2, 0.25) is 0 Å². The first-order chi connectivity index (χ1) is 8.16. The van der Waals surface area contributed by atoms with Gasteiger partial charge in [0.1, 0.15) is 0 Å². The van der Waals surface area contributed by atoms with Crippen LogP contribution in [-0.2, 0) is 0 Å². The molecule has 94 valence electrons. The Kier molecular flexibility index (Phi) is 4.60. The fourth-order valence-corrected chi connectivity index (χ4v) is 3.00. The third-order valence-corrected chi connectivity index (χ3v) is 4.12. The van der Waals surface area contributed by atoms with Gasteiger partial charge in [-0.25, -0.2) is 0 Å². The molecule has 1 saturated heterocycles. The van der Waals surface area contributed by atoms with Crippen molar-refractivity contribution in [2.24, 2.45) is 11.7 Å². The minimum atomic E-state index is 0.164. The summed E-state index contributed by atoms with van der Waals surface area (Å²) < 4.78 is 1.12. The fraction of sp³-hybridized carbons (Fsp3) is 0.571. The van der Waals surface area contributed by atoms with Crippen molar-refractivity contribution >= 4 is 15.9 Å². The average molecular weight is 297 g/mol. The first-order valence-corrected chi connectivity index (χ1v) is 7.18. The Bertz CT molecular complexity index is 372. The molecule has 0 radical (unpaired) electrons. The predicted octanol–water partition coefficient (Wildman–Crippen LogP) is 3.15. The van der Waals surface area contributed by atoms with Crippen LogP contribution in [-0.4, -0.2) is 13.1 Å². The second-order valence-corrected chi connectivity index (χ2v) is 5.97. The number of rotatable bonds is 3. The Hall–Kier alpha value is -0.380. The summed E-state index contributed by atoms with van der Waals surface area (Å²) >= 11 is 3.52. The SMILES string of the molecule is Cc1ccc(Br)cc1C(N)CC1CCCNC1. The lowest BCUT2D eigenvalue weighted by Crippen LogP contribution is -2.32. The molecule has 2 unspecified atom stereocenters. The van der Waals surface area contributed by atoms with Crippen molar-refractivity contribution in [1.82, 2.24) is 5.32 Å². The summed E-state index contributed by atoms with van der Waals surface area (Å²) in [6, 6.07) is 6.54. The van der Waals surface area contributed by atoms with E-state index in [4.69, 9.17) is 5.73 Å². The standard InChI is InChI=1S/C14H21BrN2/c1-10-4-5-12(15)8-13(10)14(16)7-11-3-2-6-17-9-11/h4-5,8,11,14,17H,2-3,6-7,9,16H2,1H3. The zero-order valence-corrected chi connectivity index (χ0v) is 12.0. The molecule has 3 N–H and O–H groups in total. The Labute approximate surface area is 112 Å². The third-order valence-electron chi connectivity index (χ3n) is 3.63. The van der Waals surface area contributed by atoms with Crippen LogP contribution in [0, 0.1) is 12.8 Å². The van der Waals surface area contributed by atoms with Crippen molar-refractivity contribution in [3.63, 3.8) is 0 Å². The van der Waals surface area contributed by atoms with Crippen LogP contribution >= 0.6 is 15.9 Å². The normalized spacial score (nSPS) is 22.4. The summed E-state index contributed by atoms with van der Waals surface area (Å²) in [6.07, 6.45) is 3.69. The number of piperidine rings is 1. The van der Waals surface area contributed by atoms with Crippen LogP contribution in [0.2, 0.25) is 0 Å². The molecule has 17 heavy (non-hydrogen) atoms. The molecule has 2 rings (SSSR count). The molecule has 1 aliphatic rings. The van der Waals surface area contributed by atoms with Crippen molar-refractivity contribution < 1.29 is 0 Å². The first kappa shape index (κ1) is 13.1. The first-order valence-electron chi connectivity index (χ1n) is 6.39. The minimum absolute atomic E-state index is 0.164. The highest BCUT2D eigenvalue weighted by molar-refractivity contribution is 9.10. The maximum absolute atomic E-state index is 6.35. The smallest absolute Gasteiger partial charge is 0.0301 e. The van der Waals surface area contributed by atoms with Crippen LogP contribution in [0.5, 0.6) is 0 Å². The number of hydrogen-bond acceptors (Lipinski definition) is 2. The Morgan fingerprint density at radius 1 is 1.53 bits per heavy atom. The molecule has 0 aromatic heterocycles. The van der Waals surface area contributed by atoms with Crippen LogP contribution in [0.25, 0.3) is 0 Å². The third kappa shape index (κ3) is 3.54. The zero-order chi connectivity index (χ0) is 12.3. The highest BCUT2D eigenvalue weighted by Crippen LogP contribution is 2.27. The molecule has 0 saturated carbocycles. The van der Waals surface area contributed by atoms with E-state index in [1.807, 2.05) is 0 Å². The van der Waals surface area contributed by atoms with E-state index in [9.17, 15) is 0 Å². The lowest BCUT2D eigenvalue weighted by atomic mass is 9.88. The number of nitrogens with two attached hydrogens (primary N) is 1. The molecule has 1 aromatic carbocycles. The van der Waals surface area contributed by atoms with E-state index < -0.39 is 0 Å². The second-order valence-electron chi connectivity index (χ2n) is 5.06. The second kappa shape index (κ2) is 5.98. The maximum atomic E-state index is 6.35. The van der Waals surface area contributed by atoms with E-state index >= 15 is 0 Å². The van der Waals surface area contributed by atoms with Crippen molar-refractivity contribution in [3.05, 3.63) is 33.8 Å². The number of aryl methyl sites for hydroxylation is 1. The summed E-state index contributed by atoms with van der Waals surface area (Å²) in [5.74, 6) is 0.733. The van der Waals surface area contributed by atoms with E-state index in [-0.39, 0.29) is 6.04 Å². The van der Waals surface area contributed by atoms with Gasteiger partial charge in [0.25, 0.3) is 0 Å². The van der Waals surface area contributed by atoms with Crippen LogP contribution in [0.4, 0.5) is 0 Å². The van der Waals surface area contributed by atoms with Gasteiger partial charge in [-0.05, 0) is 68.5 Å². The van der Waals surface area contributed by atoms with Gasteiger partial charge in [-0.1, -0.05) is 22.0 Å². The highest BCUT2D eigenvalue weighted by Gasteiger charge is 2.18. The van der Waals surface area contributed by atoms with Gasteiger partial charge in [-0.15, -0.1) is 0 Å². The number of halogens is 1. The maximum Gasteiger partial charge on any atom is 0.0301 e. The topological polar surface area (TPSA) is 38.0 Å². The summed E-state index contributed by atoms with van der Waals surface area (Å²) in [6.45, 7) is 4.43. The van der Waals surface area contributed by atoms with E-state index in [1.54, 1.807) is 0 Å². The van der Waals surface area contributed by atoms with E-state index in [2.05, 4.69) is 46.4 Å². The van der Waals surface area contributed by atoms with Gasteiger partial charge in [0.05, 0.1) is 0 Å². The van der Waals surface area contributed by atoms with E-state index in [0.717, 1.165) is 23.4 Å². The monoisotopic (exact) mass is 296 g/mol. The molecular weight excluding hydrogens is 276 g/mol. The van der Waals surface area contributed by atoms with Crippen LogP contribution < -0.4 is 11.1 Å². The quantitative estimate of drug-likeness (QED) is 0.899. The van der Waals surface area contributed by atoms with E-state index in [1.165, 1.54) is 30.5 Å². The molecule has 3 heteroatoms. The summed E-state index contributed by atoms with van der Waals surface area (Å²) in [5.41, 5.74) is 8.93. The molecule has 1 aromatic rings. The van der Waals surface area contributed by atoms with Crippen LogP contribution in [0.15, 0.2) is 22.7 Å². The number of nitrogens with one attached hydrogen (secondary N) is 1. The zero-order valence-electron chi connectivity index (χ0n) is 10.4. The van der Waals surface area contributed by atoms with Gasteiger partial charge in [0, 0.05) is 10.5 Å². The molecule has 0 amide bonds. The molecular formula is C14H21BrN2. The minimum Gasteiger partial charge on any atom is -0.324 e. The molecule has 1 aliphatic heterocycles. The summed E-state index contributed by atoms with van der Waals surface area (Å²) in [5, 5.41) is 3.45. The number of benzene rings is 1. The van der Waals surface area contributed by atoms with Gasteiger partial charge in [-0.3, -0.25) is 0 Å². The van der Waals surface area contributed by atoms with Crippen molar-refractivity contribution in [2.45, 2.75) is 32.2 Å². The molecule has 0 bridgehead atoms. The summed E-state index contributed by atoms with van der Waals surface area (Å²) in [7, 11) is 0. The molecule has 0 spiro atoms. The molecule has 2 nitrogen and oxygen atoms in total. The Balaban J connectivity index is 2.02. The van der Waals surface area contributed by atoms with Crippen LogP contribution in [0.1, 0.15) is 36.4 Å². The number of hydrogen-bond donors (Lipinski definition) is 2. The van der Waals surface area contributed by atoms with Gasteiger partial charge < -0.3 is 11.1 Å². The summed E-state index contributed by atoms with van der Waals surface area (Å²) in [4.78, 5) is 0. The Morgan fingerprint density at radius 3 is 3.06 bits per heavy atom. The van der Waals surface area contributed by atoms with Gasteiger partial charge >= 0.3 is 0 Å². The van der Waals surface area contributed by atoms with Crippen molar-refractivity contribution in [2.75, 3.05) is 13.1 Å². The lowest BCUT2D eigenvalue weighted by molar-refractivity contribution is 0.336. The van der Waals surface area contributed by atoms with E-state index in [0.29, 0.717) is 0 Å².